The highest BCUT2D eigenvalue weighted by molar-refractivity contribution is 7.99. The van der Waals surface area contributed by atoms with E-state index in [2.05, 4.69) is 47.5 Å². The maximum atomic E-state index is 12.4. The Labute approximate surface area is 146 Å². The smallest absolute Gasteiger partial charge is 0.233 e. The lowest BCUT2D eigenvalue weighted by molar-refractivity contribution is -0.933. The second kappa shape index (κ2) is 7.81. The van der Waals surface area contributed by atoms with Gasteiger partial charge in [0.1, 0.15) is 12.4 Å². The van der Waals surface area contributed by atoms with Crippen LogP contribution in [0.25, 0.3) is 0 Å². The van der Waals surface area contributed by atoms with Crippen LogP contribution in [0.2, 0.25) is 0 Å². The van der Waals surface area contributed by atoms with E-state index < -0.39 is 0 Å². The van der Waals surface area contributed by atoms with Crippen LogP contribution in [0.4, 0.5) is 0 Å². The molecule has 1 aliphatic heterocycles. The average Bonchev–Trinajstić information content (AvgIpc) is 3.05. The third kappa shape index (κ3) is 3.96. The number of carbonyl (C=O) groups excluding carboxylic acids is 1. The fraction of sp³-hybridized carbons (Fsp3) is 0.471. The number of benzene rings is 1. The molecule has 1 aromatic carbocycles. The van der Waals surface area contributed by atoms with Gasteiger partial charge in [-0.1, -0.05) is 42.1 Å². The van der Waals surface area contributed by atoms with Crippen molar-refractivity contribution in [3.8, 4) is 0 Å². The summed E-state index contributed by atoms with van der Waals surface area (Å²) in [6, 6.07) is 11.1. The lowest BCUT2D eigenvalue weighted by Crippen LogP contribution is -3.14. The number of hydrogen-bond donors (Lipinski definition) is 1. The van der Waals surface area contributed by atoms with E-state index in [4.69, 9.17) is 0 Å². The van der Waals surface area contributed by atoms with Gasteiger partial charge in [0.2, 0.25) is 5.91 Å². The first-order valence-corrected chi connectivity index (χ1v) is 9.28. The molecule has 1 aromatic heterocycles. The van der Waals surface area contributed by atoms with Crippen molar-refractivity contribution < 1.29 is 9.69 Å². The van der Waals surface area contributed by atoms with Crippen molar-refractivity contribution in [2.45, 2.75) is 18.1 Å². The lowest BCUT2D eigenvalue weighted by Gasteiger charge is -2.35. The number of nitrogens with zero attached hydrogens (tertiary/aromatic N) is 4. The Bertz CT molecular complexity index is 667. The first-order chi connectivity index (χ1) is 11.6. The number of quaternary nitrogens is 1. The first-order valence-electron chi connectivity index (χ1n) is 8.29. The Morgan fingerprint density at radius 3 is 2.62 bits per heavy atom. The van der Waals surface area contributed by atoms with Crippen LogP contribution in [0, 0.1) is 0 Å². The fourth-order valence-corrected chi connectivity index (χ4v) is 3.87. The molecular formula is C17H24N5OS+. The summed E-state index contributed by atoms with van der Waals surface area (Å²) in [6.07, 6.45) is 1.65. The molecule has 1 fully saturated rings. The fourth-order valence-electron chi connectivity index (χ4n) is 3.07. The van der Waals surface area contributed by atoms with Gasteiger partial charge >= 0.3 is 0 Å². The number of aromatic nitrogens is 3. The normalized spacial score (nSPS) is 17.0. The zero-order valence-electron chi connectivity index (χ0n) is 14.2. The van der Waals surface area contributed by atoms with Crippen molar-refractivity contribution >= 4 is 17.7 Å². The van der Waals surface area contributed by atoms with Gasteiger partial charge in [-0.25, -0.2) is 0 Å². The van der Waals surface area contributed by atoms with E-state index in [0.29, 0.717) is 11.8 Å². The summed E-state index contributed by atoms with van der Waals surface area (Å²) >= 11 is 1.45. The van der Waals surface area contributed by atoms with Gasteiger partial charge in [0.15, 0.2) is 5.16 Å². The molecule has 1 amide bonds. The van der Waals surface area contributed by atoms with Crippen molar-refractivity contribution in [1.29, 1.82) is 0 Å². The molecule has 0 saturated carbocycles. The van der Waals surface area contributed by atoms with E-state index in [-0.39, 0.29) is 5.91 Å². The van der Waals surface area contributed by atoms with E-state index in [1.165, 1.54) is 17.3 Å². The molecule has 1 aliphatic rings. The van der Waals surface area contributed by atoms with Crippen molar-refractivity contribution in [3.63, 3.8) is 0 Å². The summed E-state index contributed by atoms with van der Waals surface area (Å²) in [5.41, 5.74) is 1.37. The number of rotatable bonds is 5. The molecule has 0 radical (unpaired) electrons. The van der Waals surface area contributed by atoms with E-state index in [0.717, 1.165) is 31.3 Å². The van der Waals surface area contributed by atoms with Gasteiger partial charge in [-0.05, 0) is 6.92 Å². The quantitative estimate of drug-likeness (QED) is 0.796. The average molecular weight is 346 g/mol. The Hall–Kier alpha value is -1.86. The topological polar surface area (TPSA) is 55.5 Å². The summed E-state index contributed by atoms with van der Waals surface area (Å²) < 4.78 is 1.83. The Balaban J connectivity index is 1.48. The van der Waals surface area contributed by atoms with Crippen molar-refractivity contribution in [2.24, 2.45) is 7.05 Å². The molecule has 2 heterocycles. The first kappa shape index (κ1) is 17.0. The largest absolute Gasteiger partial charge is 0.331 e. The van der Waals surface area contributed by atoms with Gasteiger partial charge in [-0.2, -0.15) is 0 Å². The Morgan fingerprint density at radius 2 is 2.00 bits per heavy atom. The summed E-state index contributed by atoms with van der Waals surface area (Å²) in [5.74, 6) is 0.616. The van der Waals surface area contributed by atoms with Gasteiger partial charge in [0.25, 0.3) is 0 Å². The maximum absolute atomic E-state index is 12.4. The van der Waals surface area contributed by atoms with Gasteiger partial charge < -0.3 is 14.4 Å². The molecule has 7 heteroatoms. The molecule has 1 atom stereocenters. The standard InChI is InChI=1S/C17H23N5OS/c1-14(15-6-4-3-5-7-15)21-8-10-22(11-9-21)16(23)12-24-17-19-18-13-20(17)2/h3-7,13-14H,8-12H2,1-2H3/p+1/t14-/m0/s1. The third-order valence-corrected chi connectivity index (χ3v) is 5.68. The molecule has 24 heavy (non-hydrogen) atoms. The van der Waals surface area contributed by atoms with Gasteiger partial charge in [0.05, 0.1) is 31.9 Å². The molecule has 0 bridgehead atoms. The summed E-state index contributed by atoms with van der Waals surface area (Å²) in [5, 5.41) is 8.62. The summed E-state index contributed by atoms with van der Waals surface area (Å²) in [4.78, 5) is 15.9. The van der Waals surface area contributed by atoms with Crippen LogP contribution < -0.4 is 4.90 Å². The monoisotopic (exact) mass is 346 g/mol. The van der Waals surface area contributed by atoms with E-state index in [9.17, 15) is 4.79 Å². The molecule has 3 rings (SSSR count). The highest BCUT2D eigenvalue weighted by atomic mass is 32.2. The summed E-state index contributed by atoms with van der Waals surface area (Å²) in [7, 11) is 1.89. The molecule has 1 N–H and O–H groups in total. The third-order valence-electron chi connectivity index (χ3n) is 4.66. The van der Waals surface area contributed by atoms with Crippen molar-refractivity contribution in [2.75, 3.05) is 31.9 Å². The van der Waals surface area contributed by atoms with Crippen LogP contribution >= 0.6 is 11.8 Å². The second-order valence-electron chi connectivity index (χ2n) is 6.18. The molecule has 0 unspecified atom stereocenters. The Kier molecular flexibility index (Phi) is 5.52. The highest BCUT2D eigenvalue weighted by Crippen LogP contribution is 2.14. The zero-order valence-corrected chi connectivity index (χ0v) is 15.0. The van der Waals surface area contributed by atoms with E-state index in [1.807, 2.05) is 16.5 Å². The van der Waals surface area contributed by atoms with Crippen LogP contribution in [0.1, 0.15) is 18.5 Å². The number of piperazine rings is 1. The van der Waals surface area contributed by atoms with E-state index >= 15 is 0 Å². The van der Waals surface area contributed by atoms with Crippen LogP contribution in [-0.2, 0) is 11.8 Å². The molecular weight excluding hydrogens is 322 g/mol. The number of thioether (sulfide) groups is 1. The molecule has 0 aliphatic carbocycles. The van der Waals surface area contributed by atoms with Crippen LogP contribution in [0.5, 0.6) is 0 Å². The van der Waals surface area contributed by atoms with Crippen molar-refractivity contribution in [3.05, 3.63) is 42.2 Å². The number of nitrogens with one attached hydrogen (secondary N) is 1. The summed E-state index contributed by atoms with van der Waals surface area (Å²) in [6.45, 7) is 5.91. The maximum Gasteiger partial charge on any atom is 0.233 e. The zero-order chi connectivity index (χ0) is 16.9. The van der Waals surface area contributed by atoms with Crippen LogP contribution in [0.15, 0.2) is 41.8 Å². The van der Waals surface area contributed by atoms with Crippen molar-refractivity contribution in [1.82, 2.24) is 19.7 Å². The predicted molar refractivity (Wildman–Crippen MR) is 93.9 cm³/mol. The molecule has 2 aromatic rings. The molecule has 128 valence electrons. The molecule has 1 saturated heterocycles. The number of aryl methyl sites for hydroxylation is 1. The number of amides is 1. The minimum atomic E-state index is 0.189. The second-order valence-corrected chi connectivity index (χ2v) is 7.13. The van der Waals surface area contributed by atoms with Gasteiger partial charge in [-0.15, -0.1) is 10.2 Å². The highest BCUT2D eigenvalue weighted by Gasteiger charge is 2.27. The SMILES string of the molecule is C[C@@H](c1ccccc1)[NH+]1CCN(C(=O)CSc2nncn2C)CC1. The van der Waals surface area contributed by atoms with Crippen LogP contribution in [-0.4, -0.2) is 57.5 Å². The molecule has 0 spiro atoms. The minimum absolute atomic E-state index is 0.189. The number of carbonyl (C=O) groups is 1. The number of hydrogen-bond acceptors (Lipinski definition) is 4. The Morgan fingerprint density at radius 1 is 1.29 bits per heavy atom. The molecule has 6 nitrogen and oxygen atoms in total. The van der Waals surface area contributed by atoms with Crippen LogP contribution in [0.3, 0.4) is 0 Å². The minimum Gasteiger partial charge on any atom is -0.331 e. The van der Waals surface area contributed by atoms with Gasteiger partial charge in [0, 0.05) is 12.6 Å². The van der Waals surface area contributed by atoms with Gasteiger partial charge in [-0.3, -0.25) is 4.79 Å². The predicted octanol–water partition coefficient (Wildman–Crippen LogP) is 0.396. The van der Waals surface area contributed by atoms with E-state index in [1.54, 1.807) is 11.2 Å². The lowest BCUT2D eigenvalue weighted by atomic mass is 10.1.